The summed E-state index contributed by atoms with van der Waals surface area (Å²) in [5.41, 5.74) is 9.64. The molecule has 1 aliphatic heterocycles. The molecule has 0 radical (unpaired) electrons. The van der Waals surface area contributed by atoms with Gasteiger partial charge in [0.05, 0.1) is 24.3 Å². The van der Waals surface area contributed by atoms with E-state index < -0.39 is 0 Å². The molecule has 3 N–H and O–H groups in total. The van der Waals surface area contributed by atoms with Gasteiger partial charge < -0.3 is 15.2 Å². The molecule has 1 atom stereocenters. The smallest absolute Gasteiger partial charge is 0.244 e. The van der Waals surface area contributed by atoms with Gasteiger partial charge >= 0.3 is 0 Å². The van der Waals surface area contributed by atoms with Crippen LogP contribution in [0.1, 0.15) is 17.0 Å². The topological polar surface area (TPSA) is 110 Å². The highest BCUT2D eigenvalue weighted by Gasteiger charge is 2.35. The SMILES string of the molecule is COc1ccc(-c2[nH]nc3c2[C@H](c2ccncc2)C(C#N)=C(N)O3)cc1. The Hall–Kier alpha value is -3.79. The summed E-state index contributed by atoms with van der Waals surface area (Å²) < 4.78 is 10.8. The highest BCUT2D eigenvalue weighted by atomic mass is 16.5. The van der Waals surface area contributed by atoms with E-state index in [0.29, 0.717) is 11.5 Å². The fraction of sp³-hybridized carbons (Fsp3) is 0.105. The molecule has 0 spiro atoms. The maximum absolute atomic E-state index is 9.66. The van der Waals surface area contributed by atoms with Crippen molar-refractivity contribution in [1.82, 2.24) is 15.2 Å². The van der Waals surface area contributed by atoms with Gasteiger partial charge in [0.2, 0.25) is 11.8 Å². The van der Waals surface area contributed by atoms with Crippen LogP contribution in [0.4, 0.5) is 0 Å². The second kappa shape index (κ2) is 6.26. The molecule has 2 aromatic heterocycles. The van der Waals surface area contributed by atoms with Crippen LogP contribution in [0.15, 0.2) is 60.2 Å². The Kier molecular flexibility index (Phi) is 3.78. The van der Waals surface area contributed by atoms with Gasteiger partial charge in [0.25, 0.3) is 0 Å². The Morgan fingerprint density at radius 2 is 1.92 bits per heavy atom. The zero-order valence-corrected chi connectivity index (χ0v) is 13.9. The van der Waals surface area contributed by atoms with Crippen molar-refractivity contribution in [2.45, 2.75) is 5.92 Å². The van der Waals surface area contributed by atoms with E-state index in [1.807, 2.05) is 36.4 Å². The molecule has 1 aromatic carbocycles. The molecule has 3 heterocycles. The number of hydrogen-bond acceptors (Lipinski definition) is 6. The molecule has 26 heavy (non-hydrogen) atoms. The van der Waals surface area contributed by atoms with Gasteiger partial charge in [0.15, 0.2) is 0 Å². The summed E-state index contributed by atoms with van der Waals surface area (Å²) in [4.78, 5) is 4.05. The predicted molar refractivity (Wildman–Crippen MR) is 94.1 cm³/mol. The van der Waals surface area contributed by atoms with Gasteiger partial charge in [-0.05, 0) is 42.0 Å². The average Bonchev–Trinajstić information content (AvgIpc) is 3.11. The number of aromatic amines is 1. The number of nitrogens with one attached hydrogen (secondary N) is 1. The summed E-state index contributed by atoms with van der Waals surface area (Å²) in [5.74, 6) is 0.803. The van der Waals surface area contributed by atoms with Gasteiger partial charge in [-0.2, -0.15) is 5.26 Å². The summed E-state index contributed by atoms with van der Waals surface area (Å²) in [6.45, 7) is 0. The van der Waals surface area contributed by atoms with Crippen LogP contribution in [0.3, 0.4) is 0 Å². The van der Waals surface area contributed by atoms with Crippen molar-refractivity contribution in [1.29, 1.82) is 5.26 Å². The highest BCUT2D eigenvalue weighted by Crippen LogP contribution is 2.45. The van der Waals surface area contributed by atoms with Crippen LogP contribution < -0.4 is 15.2 Å². The lowest BCUT2D eigenvalue weighted by Crippen LogP contribution is -2.21. The Morgan fingerprint density at radius 1 is 1.19 bits per heavy atom. The van der Waals surface area contributed by atoms with E-state index in [4.69, 9.17) is 15.2 Å². The number of nitriles is 1. The number of ether oxygens (including phenoxy) is 2. The molecule has 4 rings (SSSR count). The van der Waals surface area contributed by atoms with E-state index in [-0.39, 0.29) is 11.8 Å². The van der Waals surface area contributed by atoms with Crippen LogP contribution >= 0.6 is 0 Å². The van der Waals surface area contributed by atoms with Gasteiger partial charge in [-0.25, -0.2) is 0 Å². The van der Waals surface area contributed by atoms with Crippen molar-refractivity contribution in [2.75, 3.05) is 7.11 Å². The van der Waals surface area contributed by atoms with Crippen molar-refractivity contribution in [3.05, 3.63) is 71.4 Å². The van der Waals surface area contributed by atoms with Crippen molar-refractivity contribution < 1.29 is 9.47 Å². The molecule has 0 saturated carbocycles. The Bertz CT molecular complexity index is 1020. The molecular weight excluding hydrogens is 330 g/mol. The molecule has 0 unspecified atom stereocenters. The summed E-state index contributed by atoms with van der Waals surface area (Å²) in [5, 5.41) is 16.9. The second-order valence-electron chi connectivity index (χ2n) is 5.75. The number of aromatic nitrogens is 3. The molecular formula is C19H15N5O2. The van der Waals surface area contributed by atoms with E-state index in [0.717, 1.165) is 28.1 Å². The van der Waals surface area contributed by atoms with E-state index in [9.17, 15) is 5.26 Å². The largest absolute Gasteiger partial charge is 0.497 e. The first kappa shape index (κ1) is 15.7. The Labute approximate surface area is 149 Å². The molecule has 0 fully saturated rings. The van der Waals surface area contributed by atoms with Gasteiger partial charge in [-0.15, -0.1) is 5.10 Å². The lowest BCUT2D eigenvalue weighted by Gasteiger charge is -2.24. The third-order valence-electron chi connectivity index (χ3n) is 4.36. The van der Waals surface area contributed by atoms with Crippen LogP contribution in [-0.4, -0.2) is 22.3 Å². The number of benzene rings is 1. The maximum atomic E-state index is 9.66. The maximum Gasteiger partial charge on any atom is 0.244 e. The Balaban J connectivity index is 1.90. The predicted octanol–water partition coefficient (Wildman–Crippen LogP) is 2.70. The van der Waals surface area contributed by atoms with Gasteiger partial charge in [-0.1, -0.05) is 0 Å². The lowest BCUT2D eigenvalue weighted by atomic mass is 9.83. The van der Waals surface area contributed by atoms with Crippen molar-refractivity contribution in [2.24, 2.45) is 5.73 Å². The van der Waals surface area contributed by atoms with Crippen molar-refractivity contribution in [3.63, 3.8) is 0 Å². The van der Waals surface area contributed by atoms with E-state index in [2.05, 4.69) is 21.3 Å². The minimum Gasteiger partial charge on any atom is -0.497 e. The Morgan fingerprint density at radius 3 is 2.58 bits per heavy atom. The number of nitrogens with two attached hydrogens (primary N) is 1. The summed E-state index contributed by atoms with van der Waals surface area (Å²) in [6.07, 6.45) is 3.37. The minimum absolute atomic E-state index is 0.0644. The monoisotopic (exact) mass is 345 g/mol. The fourth-order valence-electron chi connectivity index (χ4n) is 3.11. The first-order chi connectivity index (χ1) is 12.7. The molecule has 0 aliphatic carbocycles. The summed E-state index contributed by atoms with van der Waals surface area (Å²) in [6, 6.07) is 13.5. The van der Waals surface area contributed by atoms with Crippen molar-refractivity contribution in [3.8, 4) is 29.0 Å². The quantitative estimate of drug-likeness (QED) is 0.755. The van der Waals surface area contributed by atoms with Crippen LogP contribution in [-0.2, 0) is 0 Å². The number of allylic oxidation sites excluding steroid dienone is 1. The number of rotatable bonds is 3. The molecule has 3 aromatic rings. The van der Waals surface area contributed by atoms with Crippen LogP contribution in [0, 0.1) is 11.3 Å². The zero-order valence-electron chi connectivity index (χ0n) is 13.9. The first-order valence-corrected chi connectivity index (χ1v) is 7.93. The summed E-state index contributed by atoms with van der Waals surface area (Å²) in [7, 11) is 1.62. The molecule has 7 heteroatoms. The molecule has 1 aliphatic rings. The van der Waals surface area contributed by atoms with E-state index in [1.54, 1.807) is 19.5 Å². The molecule has 0 bridgehead atoms. The molecule has 7 nitrogen and oxygen atoms in total. The normalized spacial score (nSPS) is 15.8. The second-order valence-corrected chi connectivity index (χ2v) is 5.75. The number of nitrogens with zero attached hydrogens (tertiary/aromatic N) is 3. The fourth-order valence-corrected chi connectivity index (χ4v) is 3.11. The standard InChI is InChI=1S/C19H15N5O2/c1-25-13-4-2-12(3-5-13)17-16-15(11-6-8-22-9-7-11)14(10-20)18(21)26-19(16)24-23-17/h2-9,15H,21H2,1H3,(H,23,24)/t15-/m1/s1. The molecule has 128 valence electrons. The number of pyridine rings is 1. The number of hydrogen-bond donors (Lipinski definition) is 2. The average molecular weight is 345 g/mol. The third-order valence-corrected chi connectivity index (χ3v) is 4.36. The van der Waals surface area contributed by atoms with Crippen LogP contribution in [0.5, 0.6) is 11.6 Å². The molecule has 0 amide bonds. The van der Waals surface area contributed by atoms with E-state index in [1.165, 1.54) is 0 Å². The van der Waals surface area contributed by atoms with Crippen LogP contribution in [0.25, 0.3) is 11.3 Å². The van der Waals surface area contributed by atoms with Gasteiger partial charge in [0.1, 0.15) is 17.4 Å². The number of H-pyrrole nitrogens is 1. The summed E-state index contributed by atoms with van der Waals surface area (Å²) >= 11 is 0. The third kappa shape index (κ3) is 2.45. The molecule has 0 saturated heterocycles. The van der Waals surface area contributed by atoms with Crippen molar-refractivity contribution >= 4 is 0 Å². The highest BCUT2D eigenvalue weighted by molar-refractivity contribution is 5.71. The zero-order chi connectivity index (χ0) is 18.1. The minimum atomic E-state index is -0.386. The lowest BCUT2D eigenvalue weighted by molar-refractivity contribution is 0.379. The van der Waals surface area contributed by atoms with Crippen LogP contribution in [0.2, 0.25) is 0 Å². The number of methoxy groups -OCH3 is 1. The van der Waals surface area contributed by atoms with Gasteiger partial charge in [0, 0.05) is 18.0 Å². The van der Waals surface area contributed by atoms with E-state index >= 15 is 0 Å². The first-order valence-electron chi connectivity index (χ1n) is 7.93. The van der Waals surface area contributed by atoms with Gasteiger partial charge in [-0.3, -0.25) is 10.1 Å². The number of fused-ring (bicyclic) bond motifs is 1.